The van der Waals surface area contributed by atoms with Crippen LogP contribution in [0.2, 0.25) is 0 Å². The maximum atomic E-state index is 12.8. The SMILES string of the molecule is Cc1sc(-n2cccc2)c(C(=O)N2CCNC(=O)C2)c1C. The first-order chi connectivity index (χ1) is 10.1. The van der Waals surface area contributed by atoms with Crippen LogP contribution in [0.3, 0.4) is 0 Å². The van der Waals surface area contributed by atoms with Crippen LogP contribution < -0.4 is 5.32 Å². The number of aromatic nitrogens is 1. The molecule has 110 valence electrons. The monoisotopic (exact) mass is 303 g/mol. The van der Waals surface area contributed by atoms with Gasteiger partial charge in [-0.1, -0.05) is 0 Å². The minimum atomic E-state index is -0.0956. The smallest absolute Gasteiger partial charge is 0.257 e. The summed E-state index contributed by atoms with van der Waals surface area (Å²) < 4.78 is 1.96. The van der Waals surface area contributed by atoms with Crippen LogP contribution in [0, 0.1) is 13.8 Å². The number of rotatable bonds is 2. The van der Waals surface area contributed by atoms with Gasteiger partial charge in [-0.15, -0.1) is 11.3 Å². The van der Waals surface area contributed by atoms with Gasteiger partial charge in [0.15, 0.2) is 0 Å². The summed E-state index contributed by atoms with van der Waals surface area (Å²) in [5.41, 5.74) is 1.71. The molecule has 0 aromatic carbocycles. The predicted molar refractivity (Wildman–Crippen MR) is 82.0 cm³/mol. The standard InChI is InChI=1S/C15H17N3O2S/c1-10-11(2)21-15(17-6-3-4-7-17)13(10)14(20)18-8-5-16-12(19)9-18/h3-4,6-7H,5,8-9H2,1-2H3,(H,16,19). The van der Waals surface area contributed by atoms with E-state index in [2.05, 4.69) is 5.32 Å². The second-order valence-electron chi connectivity index (χ2n) is 5.13. The molecular formula is C15H17N3O2S. The molecule has 21 heavy (non-hydrogen) atoms. The normalized spacial score (nSPS) is 15.1. The summed E-state index contributed by atoms with van der Waals surface area (Å²) in [7, 11) is 0. The van der Waals surface area contributed by atoms with Crippen LogP contribution in [-0.4, -0.2) is 40.9 Å². The van der Waals surface area contributed by atoms with Crippen molar-refractivity contribution in [1.29, 1.82) is 0 Å². The van der Waals surface area contributed by atoms with Gasteiger partial charge in [0.2, 0.25) is 5.91 Å². The summed E-state index contributed by atoms with van der Waals surface area (Å²) in [6, 6.07) is 3.87. The highest BCUT2D eigenvalue weighted by Crippen LogP contribution is 2.32. The molecule has 1 N–H and O–H groups in total. The van der Waals surface area contributed by atoms with Crippen molar-refractivity contribution in [2.24, 2.45) is 0 Å². The number of nitrogens with one attached hydrogen (secondary N) is 1. The number of carbonyl (C=O) groups is 2. The van der Waals surface area contributed by atoms with E-state index in [1.165, 1.54) is 0 Å². The largest absolute Gasteiger partial charge is 0.353 e. The van der Waals surface area contributed by atoms with Crippen LogP contribution in [0.1, 0.15) is 20.8 Å². The lowest BCUT2D eigenvalue weighted by atomic mass is 10.1. The zero-order chi connectivity index (χ0) is 15.0. The number of aryl methyl sites for hydroxylation is 1. The van der Waals surface area contributed by atoms with Gasteiger partial charge in [-0.3, -0.25) is 9.59 Å². The highest BCUT2D eigenvalue weighted by atomic mass is 32.1. The molecule has 5 nitrogen and oxygen atoms in total. The van der Waals surface area contributed by atoms with Crippen LogP contribution in [-0.2, 0) is 4.79 Å². The molecule has 3 heterocycles. The van der Waals surface area contributed by atoms with E-state index in [1.54, 1.807) is 16.2 Å². The summed E-state index contributed by atoms with van der Waals surface area (Å²) in [4.78, 5) is 27.1. The van der Waals surface area contributed by atoms with E-state index in [4.69, 9.17) is 0 Å². The van der Waals surface area contributed by atoms with Gasteiger partial charge >= 0.3 is 0 Å². The van der Waals surface area contributed by atoms with Crippen molar-refractivity contribution in [1.82, 2.24) is 14.8 Å². The quantitative estimate of drug-likeness (QED) is 0.918. The Labute approximate surface area is 127 Å². The molecule has 2 aromatic heterocycles. The minimum absolute atomic E-state index is 0.0598. The molecule has 0 saturated carbocycles. The molecule has 0 bridgehead atoms. The van der Waals surface area contributed by atoms with Gasteiger partial charge in [-0.2, -0.15) is 0 Å². The zero-order valence-corrected chi connectivity index (χ0v) is 12.9. The second kappa shape index (κ2) is 5.37. The van der Waals surface area contributed by atoms with E-state index < -0.39 is 0 Å². The Bertz CT molecular complexity index is 688. The molecule has 1 saturated heterocycles. The van der Waals surface area contributed by atoms with Crippen molar-refractivity contribution < 1.29 is 9.59 Å². The maximum Gasteiger partial charge on any atom is 0.257 e. The molecule has 2 amide bonds. The number of nitrogens with zero attached hydrogens (tertiary/aromatic N) is 2. The fourth-order valence-electron chi connectivity index (χ4n) is 2.48. The molecule has 0 atom stereocenters. The second-order valence-corrected chi connectivity index (χ2v) is 6.33. The van der Waals surface area contributed by atoms with Gasteiger partial charge in [-0.25, -0.2) is 0 Å². The van der Waals surface area contributed by atoms with E-state index in [9.17, 15) is 9.59 Å². The summed E-state index contributed by atoms with van der Waals surface area (Å²) >= 11 is 1.61. The molecule has 1 aliphatic heterocycles. The van der Waals surface area contributed by atoms with E-state index in [0.717, 1.165) is 15.4 Å². The fourth-order valence-corrected chi connectivity index (χ4v) is 3.60. The fraction of sp³-hybridized carbons (Fsp3) is 0.333. The average molecular weight is 303 g/mol. The Morgan fingerprint density at radius 1 is 1.29 bits per heavy atom. The Balaban J connectivity index is 2.01. The van der Waals surface area contributed by atoms with Crippen molar-refractivity contribution in [3.05, 3.63) is 40.5 Å². The lowest BCUT2D eigenvalue weighted by Gasteiger charge is -2.27. The molecular weight excluding hydrogens is 286 g/mol. The summed E-state index contributed by atoms with van der Waals surface area (Å²) in [6.45, 7) is 5.21. The highest BCUT2D eigenvalue weighted by molar-refractivity contribution is 7.15. The van der Waals surface area contributed by atoms with E-state index in [-0.39, 0.29) is 18.4 Å². The topological polar surface area (TPSA) is 54.3 Å². The molecule has 3 rings (SSSR count). The zero-order valence-electron chi connectivity index (χ0n) is 12.0. The van der Waals surface area contributed by atoms with Crippen LogP contribution in [0.25, 0.3) is 5.00 Å². The summed E-state index contributed by atoms with van der Waals surface area (Å²) in [6.07, 6.45) is 3.87. The number of hydrogen-bond acceptors (Lipinski definition) is 3. The third-order valence-corrected chi connectivity index (χ3v) is 4.97. The Kier molecular flexibility index (Phi) is 3.55. The molecule has 1 fully saturated rings. The highest BCUT2D eigenvalue weighted by Gasteiger charge is 2.28. The first-order valence-electron chi connectivity index (χ1n) is 6.87. The predicted octanol–water partition coefficient (Wildman–Crippen LogP) is 1.73. The molecule has 1 aliphatic rings. The van der Waals surface area contributed by atoms with E-state index >= 15 is 0 Å². The third kappa shape index (κ3) is 2.47. The Hall–Kier alpha value is -2.08. The van der Waals surface area contributed by atoms with Gasteiger partial charge in [0, 0.05) is 30.4 Å². The molecule has 0 radical (unpaired) electrons. The van der Waals surface area contributed by atoms with Crippen molar-refractivity contribution in [2.45, 2.75) is 13.8 Å². The van der Waals surface area contributed by atoms with Crippen LogP contribution >= 0.6 is 11.3 Å². The van der Waals surface area contributed by atoms with Crippen molar-refractivity contribution in [3.8, 4) is 5.00 Å². The van der Waals surface area contributed by atoms with Crippen LogP contribution in [0.5, 0.6) is 0 Å². The van der Waals surface area contributed by atoms with Crippen molar-refractivity contribution >= 4 is 23.2 Å². The van der Waals surface area contributed by atoms with Gasteiger partial charge < -0.3 is 14.8 Å². The summed E-state index contributed by atoms with van der Waals surface area (Å²) in [5.74, 6) is -0.155. The third-order valence-electron chi connectivity index (χ3n) is 3.75. The first kappa shape index (κ1) is 13.9. The van der Waals surface area contributed by atoms with Gasteiger partial charge in [-0.05, 0) is 31.5 Å². The first-order valence-corrected chi connectivity index (χ1v) is 7.69. The number of hydrogen-bond donors (Lipinski definition) is 1. The number of amides is 2. The van der Waals surface area contributed by atoms with Gasteiger partial charge in [0.1, 0.15) is 5.00 Å². The van der Waals surface area contributed by atoms with Crippen LogP contribution in [0.4, 0.5) is 0 Å². The molecule has 6 heteroatoms. The van der Waals surface area contributed by atoms with Gasteiger partial charge in [0.05, 0.1) is 12.1 Å². The maximum absolute atomic E-state index is 12.8. The molecule has 0 unspecified atom stereocenters. The molecule has 0 aliphatic carbocycles. The number of piperazine rings is 1. The molecule has 2 aromatic rings. The lowest BCUT2D eigenvalue weighted by Crippen LogP contribution is -2.50. The molecule has 0 spiro atoms. The number of thiophene rings is 1. The summed E-state index contributed by atoms with van der Waals surface area (Å²) in [5, 5.41) is 3.67. The lowest BCUT2D eigenvalue weighted by molar-refractivity contribution is -0.123. The van der Waals surface area contributed by atoms with Gasteiger partial charge in [0.25, 0.3) is 5.91 Å². The van der Waals surface area contributed by atoms with Crippen LogP contribution in [0.15, 0.2) is 24.5 Å². The average Bonchev–Trinajstić information content (AvgIpc) is 3.08. The van der Waals surface area contributed by atoms with E-state index in [0.29, 0.717) is 18.7 Å². The number of carbonyl (C=O) groups excluding carboxylic acids is 2. The minimum Gasteiger partial charge on any atom is -0.353 e. The van der Waals surface area contributed by atoms with Crippen molar-refractivity contribution in [2.75, 3.05) is 19.6 Å². The van der Waals surface area contributed by atoms with E-state index in [1.807, 2.05) is 42.9 Å². The van der Waals surface area contributed by atoms with Crippen molar-refractivity contribution in [3.63, 3.8) is 0 Å². The Morgan fingerprint density at radius 3 is 2.67 bits per heavy atom. The Morgan fingerprint density at radius 2 is 2.00 bits per heavy atom.